The summed E-state index contributed by atoms with van der Waals surface area (Å²) >= 11 is 0. The fraction of sp³-hybridized carbons (Fsp3) is 0.440. The number of fused-ring (bicyclic) bond motifs is 4. The zero-order valence-electron chi connectivity index (χ0n) is 17.0. The molecule has 1 aliphatic heterocycles. The van der Waals surface area contributed by atoms with Crippen molar-refractivity contribution in [3.63, 3.8) is 0 Å². The maximum atomic E-state index is 13.1. The number of carbonyl (C=O) groups excluding carboxylic acids is 1. The lowest BCUT2D eigenvalue weighted by Crippen LogP contribution is -2.46. The van der Waals surface area contributed by atoms with Crippen molar-refractivity contribution in [3.05, 3.63) is 59.7 Å². The van der Waals surface area contributed by atoms with E-state index in [2.05, 4.69) is 24.3 Å². The lowest BCUT2D eigenvalue weighted by Gasteiger charge is -2.33. The zero-order valence-corrected chi connectivity index (χ0v) is 17.0. The Bertz CT molecular complexity index is 941. The monoisotopic (exact) mass is 405 g/mol. The van der Waals surface area contributed by atoms with E-state index in [4.69, 9.17) is 4.74 Å². The summed E-state index contributed by atoms with van der Waals surface area (Å²) in [6, 6.07) is 16.3. The number of hydrogen-bond acceptors (Lipinski definition) is 3. The maximum absolute atomic E-state index is 13.1. The third kappa shape index (κ3) is 2.91. The van der Waals surface area contributed by atoms with Gasteiger partial charge in [-0.1, -0.05) is 67.8 Å². The second kappa shape index (κ2) is 7.46. The van der Waals surface area contributed by atoms with E-state index in [9.17, 15) is 14.7 Å². The molecule has 156 valence electrons. The molecule has 0 bridgehead atoms. The molecule has 5 nitrogen and oxygen atoms in total. The predicted molar refractivity (Wildman–Crippen MR) is 113 cm³/mol. The molecule has 2 aromatic carbocycles. The molecule has 2 fully saturated rings. The van der Waals surface area contributed by atoms with Crippen LogP contribution in [0.3, 0.4) is 0 Å². The van der Waals surface area contributed by atoms with Gasteiger partial charge in [0.25, 0.3) is 0 Å². The van der Waals surface area contributed by atoms with Crippen molar-refractivity contribution in [2.45, 2.75) is 50.5 Å². The van der Waals surface area contributed by atoms with Crippen molar-refractivity contribution < 1.29 is 19.4 Å². The highest BCUT2D eigenvalue weighted by molar-refractivity contribution is 5.80. The molecule has 5 rings (SSSR count). The molecular weight excluding hydrogens is 378 g/mol. The molecule has 1 saturated carbocycles. The van der Waals surface area contributed by atoms with Crippen LogP contribution in [0, 0.1) is 5.41 Å². The lowest BCUT2D eigenvalue weighted by molar-refractivity contribution is -0.150. The van der Waals surface area contributed by atoms with Gasteiger partial charge in [-0.15, -0.1) is 0 Å². The number of aliphatic carboxylic acids is 1. The first-order valence-corrected chi connectivity index (χ1v) is 11.0. The van der Waals surface area contributed by atoms with Crippen LogP contribution in [0.4, 0.5) is 4.79 Å². The van der Waals surface area contributed by atoms with E-state index in [0.717, 1.165) is 25.7 Å². The van der Waals surface area contributed by atoms with Crippen molar-refractivity contribution >= 4 is 12.1 Å². The van der Waals surface area contributed by atoms with E-state index >= 15 is 0 Å². The standard InChI is InChI=1S/C25H27NO4/c27-23(28)25-13-7-1-2-12-22(25)26(15-14-25)24(29)30-16-21-19-10-5-3-8-17(19)18-9-4-6-11-20(18)21/h3-6,8-11,21-22H,1-2,7,12-16H2,(H,27,28)/t22-,25+/m0/s1. The Balaban J connectivity index is 1.35. The summed E-state index contributed by atoms with van der Waals surface area (Å²) in [6.07, 6.45) is 4.47. The summed E-state index contributed by atoms with van der Waals surface area (Å²) in [6.45, 7) is 0.740. The Hall–Kier alpha value is -2.82. The molecule has 1 amide bonds. The highest BCUT2D eigenvalue weighted by Crippen LogP contribution is 2.47. The first kappa shape index (κ1) is 19.2. The summed E-state index contributed by atoms with van der Waals surface area (Å²) in [5.41, 5.74) is 3.96. The smallest absolute Gasteiger partial charge is 0.410 e. The van der Waals surface area contributed by atoms with Gasteiger partial charge in [0.2, 0.25) is 0 Å². The molecule has 1 saturated heterocycles. The van der Waals surface area contributed by atoms with Gasteiger partial charge < -0.3 is 14.7 Å². The second-order valence-corrected chi connectivity index (χ2v) is 8.82. The number of likely N-dealkylation sites (tertiary alicyclic amines) is 1. The van der Waals surface area contributed by atoms with Gasteiger partial charge in [0, 0.05) is 12.5 Å². The fourth-order valence-corrected chi connectivity index (χ4v) is 5.87. The van der Waals surface area contributed by atoms with Gasteiger partial charge >= 0.3 is 12.1 Å². The predicted octanol–water partition coefficient (Wildman–Crippen LogP) is 5.04. The van der Waals surface area contributed by atoms with Gasteiger partial charge in [0.15, 0.2) is 0 Å². The Labute approximate surface area is 176 Å². The average Bonchev–Trinajstić information content (AvgIpc) is 3.20. The average molecular weight is 405 g/mol. The van der Waals surface area contributed by atoms with E-state index in [-0.39, 0.29) is 24.7 Å². The van der Waals surface area contributed by atoms with E-state index in [1.54, 1.807) is 4.90 Å². The lowest BCUT2D eigenvalue weighted by atomic mass is 9.76. The summed E-state index contributed by atoms with van der Waals surface area (Å²) in [7, 11) is 0. The molecular formula is C25H27NO4. The largest absolute Gasteiger partial charge is 0.481 e. The molecule has 5 heteroatoms. The highest BCUT2D eigenvalue weighted by atomic mass is 16.6. The highest BCUT2D eigenvalue weighted by Gasteiger charge is 2.54. The summed E-state index contributed by atoms with van der Waals surface area (Å²) in [5, 5.41) is 9.97. The number of rotatable bonds is 3. The molecule has 1 N–H and O–H groups in total. The van der Waals surface area contributed by atoms with Crippen molar-refractivity contribution in [2.75, 3.05) is 13.2 Å². The quantitative estimate of drug-likeness (QED) is 0.776. The van der Waals surface area contributed by atoms with Gasteiger partial charge in [-0.25, -0.2) is 4.79 Å². The van der Waals surface area contributed by atoms with Gasteiger partial charge in [0.1, 0.15) is 6.61 Å². The number of benzene rings is 2. The molecule has 2 aromatic rings. The van der Waals surface area contributed by atoms with Gasteiger partial charge in [-0.3, -0.25) is 4.79 Å². The first-order chi connectivity index (χ1) is 14.6. The van der Waals surface area contributed by atoms with Crippen molar-refractivity contribution in [1.82, 2.24) is 4.90 Å². The second-order valence-electron chi connectivity index (χ2n) is 8.82. The number of carboxylic acid groups (broad SMARTS) is 1. The molecule has 0 radical (unpaired) electrons. The maximum Gasteiger partial charge on any atom is 0.410 e. The normalized spacial score (nSPS) is 25.2. The van der Waals surface area contributed by atoms with Crippen LogP contribution in [0.1, 0.15) is 55.6 Å². The SMILES string of the molecule is O=C(OCC1c2ccccc2-c2ccccc21)N1CC[C@]2(C(=O)O)CCCCC[C@H]12. The van der Waals surface area contributed by atoms with Crippen molar-refractivity contribution in [3.8, 4) is 11.1 Å². The number of carbonyl (C=O) groups is 2. The van der Waals surface area contributed by atoms with Crippen LogP contribution in [0.25, 0.3) is 11.1 Å². The van der Waals surface area contributed by atoms with Crippen LogP contribution in [0.2, 0.25) is 0 Å². The molecule has 1 heterocycles. The van der Waals surface area contributed by atoms with Crippen molar-refractivity contribution in [1.29, 1.82) is 0 Å². The fourth-order valence-electron chi connectivity index (χ4n) is 5.87. The Morgan fingerprint density at radius 1 is 0.967 bits per heavy atom. The van der Waals surface area contributed by atoms with Crippen molar-refractivity contribution in [2.24, 2.45) is 5.41 Å². The Kier molecular flexibility index (Phi) is 4.76. The van der Waals surface area contributed by atoms with Crippen LogP contribution in [0.5, 0.6) is 0 Å². The molecule has 2 atom stereocenters. The van der Waals surface area contributed by atoms with Gasteiger partial charge in [-0.05, 0) is 41.5 Å². The molecule has 3 aliphatic rings. The number of nitrogens with zero attached hydrogens (tertiary/aromatic N) is 1. The van der Waals surface area contributed by atoms with Crippen LogP contribution < -0.4 is 0 Å². The Morgan fingerprint density at radius 2 is 1.63 bits per heavy atom. The molecule has 30 heavy (non-hydrogen) atoms. The van der Waals surface area contributed by atoms with Crippen LogP contribution in [-0.2, 0) is 9.53 Å². The first-order valence-electron chi connectivity index (χ1n) is 11.0. The molecule has 2 aliphatic carbocycles. The molecule has 0 aromatic heterocycles. The van der Waals surface area contributed by atoms with Gasteiger partial charge in [-0.2, -0.15) is 0 Å². The molecule has 0 unspecified atom stereocenters. The minimum Gasteiger partial charge on any atom is -0.481 e. The number of amides is 1. The van der Waals surface area contributed by atoms with E-state index < -0.39 is 11.4 Å². The van der Waals surface area contributed by atoms with Gasteiger partial charge in [0.05, 0.1) is 11.5 Å². The topological polar surface area (TPSA) is 66.8 Å². The zero-order chi connectivity index (χ0) is 20.7. The third-order valence-electron chi connectivity index (χ3n) is 7.41. The van der Waals surface area contributed by atoms with E-state index in [0.29, 0.717) is 19.4 Å². The summed E-state index contributed by atoms with van der Waals surface area (Å²) in [5.74, 6) is -0.745. The number of hydrogen-bond donors (Lipinski definition) is 1. The van der Waals surface area contributed by atoms with Crippen LogP contribution >= 0.6 is 0 Å². The number of carboxylic acids is 1. The van der Waals surface area contributed by atoms with Crippen LogP contribution in [0.15, 0.2) is 48.5 Å². The number of ether oxygens (including phenoxy) is 1. The summed E-state index contributed by atoms with van der Waals surface area (Å²) < 4.78 is 5.83. The molecule has 0 spiro atoms. The van der Waals surface area contributed by atoms with Crippen LogP contribution in [-0.4, -0.2) is 41.3 Å². The minimum absolute atomic E-state index is 0.0160. The van der Waals surface area contributed by atoms with E-state index in [1.165, 1.54) is 22.3 Å². The third-order valence-corrected chi connectivity index (χ3v) is 7.41. The minimum atomic E-state index is -0.803. The van der Waals surface area contributed by atoms with E-state index in [1.807, 2.05) is 24.3 Å². The Morgan fingerprint density at radius 3 is 2.30 bits per heavy atom. The summed E-state index contributed by atoms with van der Waals surface area (Å²) in [4.78, 5) is 26.9.